The van der Waals surface area contributed by atoms with Crippen molar-refractivity contribution in [3.05, 3.63) is 59.2 Å². The lowest BCUT2D eigenvalue weighted by Gasteiger charge is -2.14. The van der Waals surface area contributed by atoms with E-state index in [-0.39, 0.29) is 11.2 Å². The SMILES string of the molecule is CCc1ccc(-c2nc(S[C@@H](C)C(=O)Nc3c(C)cccc3C)n[nH]2)cc1. The molecule has 27 heavy (non-hydrogen) atoms. The van der Waals surface area contributed by atoms with Crippen LogP contribution < -0.4 is 5.32 Å². The predicted molar refractivity (Wildman–Crippen MR) is 111 cm³/mol. The van der Waals surface area contributed by atoms with E-state index in [4.69, 9.17) is 0 Å². The minimum atomic E-state index is -0.310. The van der Waals surface area contributed by atoms with Crippen LogP contribution in [0.2, 0.25) is 0 Å². The summed E-state index contributed by atoms with van der Waals surface area (Å²) in [6.45, 7) is 7.97. The Morgan fingerprint density at radius 1 is 1.15 bits per heavy atom. The van der Waals surface area contributed by atoms with Crippen LogP contribution in [-0.2, 0) is 11.2 Å². The Morgan fingerprint density at radius 3 is 2.44 bits per heavy atom. The normalized spacial score (nSPS) is 12.0. The number of H-pyrrole nitrogens is 1. The topological polar surface area (TPSA) is 70.7 Å². The van der Waals surface area contributed by atoms with E-state index >= 15 is 0 Å². The van der Waals surface area contributed by atoms with Gasteiger partial charge in [0.05, 0.1) is 5.25 Å². The molecule has 5 nitrogen and oxygen atoms in total. The van der Waals surface area contributed by atoms with E-state index in [0.29, 0.717) is 11.0 Å². The number of aryl methyl sites for hydroxylation is 3. The van der Waals surface area contributed by atoms with Gasteiger partial charge in [0.15, 0.2) is 5.82 Å². The van der Waals surface area contributed by atoms with Gasteiger partial charge in [-0.15, -0.1) is 5.10 Å². The van der Waals surface area contributed by atoms with E-state index in [2.05, 4.69) is 39.6 Å². The number of hydrogen-bond acceptors (Lipinski definition) is 4. The maximum atomic E-state index is 12.6. The first-order chi connectivity index (χ1) is 13.0. The van der Waals surface area contributed by atoms with Gasteiger partial charge >= 0.3 is 0 Å². The average Bonchev–Trinajstić information content (AvgIpc) is 3.13. The van der Waals surface area contributed by atoms with Crippen molar-refractivity contribution in [2.45, 2.75) is 44.5 Å². The van der Waals surface area contributed by atoms with Gasteiger partial charge in [-0.3, -0.25) is 9.89 Å². The van der Waals surface area contributed by atoms with Gasteiger partial charge in [-0.25, -0.2) is 4.98 Å². The molecule has 0 aliphatic heterocycles. The molecule has 3 rings (SSSR count). The summed E-state index contributed by atoms with van der Waals surface area (Å²) >= 11 is 1.34. The highest BCUT2D eigenvalue weighted by molar-refractivity contribution is 8.00. The third-order valence-electron chi connectivity index (χ3n) is 4.48. The summed E-state index contributed by atoms with van der Waals surface area (Å²) in [4.78, 5) is 17.1. The standard InChI is InChI=1S/C21H24N4OS/c1-5-16-9-11-17(12-10-16)19-23-21(25-24-19)27-15(4)20(26)22-18-13(2)7-6-8-14(18)3/h6-12,15H,5H2,1-4H3,(H,22,26)(H,23,24,25)/t15-/m0/s1. The maximum absolute atomic E-state index is 12.6. The largest absolute Gasteiger partial charge is 0.325 e. The van der Waals surface area contributed by atoms with Crippen molar-refractivity contribution in [3.8, 4) is 11.4 Å². The molecule has 0 fully saturated rings. The van der Waals surface area contributed by atoms with Gasteiger partial charge in [0.1, 0.15) is 0 Å². The third kappa shape index (κ3) is 4.57. The molecule has 3 aromatic rings. The van der Waals surface area contributed by atoms with E-state index in [1.54, 1.807) is 0 Å². The second kappa shape index (κ2) is 8.39. The Bertz CT molecular complexity index is 913. The maximum Gasteiger partial charge on any atom is 0.237 e. The van der Waals surface area contributed by atoms with Gasteiger partial charge in [0.2, 0.25) is 11.1 Å². The van der Waals surface area contributed by atoms with Crippen molar-refractivity contribution in [1.82, 2.24) is 15.2 Å². The molecule has 0 saturated carbocycles. The minimum Gasteiger partial charge on any atom is -0.325 e. The van der Waals surface area contributed by atoms with Gasteiger partial charge < -0.3 is 5.32 Å². The number of aromatic nitrogens is 3. The Balaban J connectivity index is 1.66. The van der Waals surface area contributed by atoms with Crippen molar-refractivity contribution in [3.63, 3.8) is 0 Å². The number of para-hydroxylation sites is 1. The zero-order chi connectivity index (χ0) is 19.4. The number of thioether (sulfide) groups is 1. The van der Waals surface area contributed by atoms with Gasteiger partial charge in [-0.2, -0.15) is 0 Å². The van der Waals surface area contributed by atoms with E-state index in [1.807, 2.05) is 51.1 Å². The van der Waals surface area contributed by atoms with E-state index in [9.17, 15) is 4.79 Å². The molecule has 1 aromatic heterocycles. The third-order valence-corrected chi connectivity index (χ3v) is 5.44. The van der Waals surface area contributed by atoms with E-state index < -0.39 is 0 Å². The molecule has 6 heteroatoms. The highest BCUT2D eigenvalue weighted by Crippen LogP contribution is 2.25. The molecule has 0 radical (unpaired) electrons. The Morgan fingerprint density at radius 2 is 1.81 bits per heavy atom. The lowest BCUT2D eigenvalue weighted by molar-refractivity contribution is -0.115. The van der Waals surface area contributed by atoms with Gasteiger partial charge in [0, 0.05) is 11.3 Å². The van der Waals surface area contributed by atoms with Crippen molar-refractivity contribution in [2.75, 3.05) is 5.32 Å². The molecular weight excluding hydrogens is 356 g/mol. The number of carbonyl (C=O) groups is 1. The van der Waals surface area contributed by atoms with Crippen molar-refractivity contribution < 1.29 is 4.79 Å². The number of hydrogen-bond donors (Lipinski definition) is 2. The van der Waals surface area contributed by atoms with Crippen LogP contribution in [0.15, 0.2) is 47.6 Å². The summed E-state index contributed by atoms with van der Waals surface area (Å²) < 4.78 is 0. The number of rotatable bonds is 6. The zero-order valence-corrected chi connectivity index (χ0v) is 16.9. The Hall–Kier alpha value is -2.60. The molecule has 0 bridgehead atoms. The molecule has 0 aliphatic rings. The molecular formula is C21H24N4OS. The predicted octanol–water partition coefficient (Wildman–Crippen LogP) is 4.77. The highest BCUT2D eigenvalue weighted by atomic mass is 32.2. The quantitative estimate of drug-likeness (QED) is 0.604. The van der Waals surface area contributed by atoms with Gasteiger partial charge in [-0.05, 0) is 43.9 Å². The second-order valence-electron chi connectivity index (χ2n) is 6.53. The molecule has 140 valence electrons. The fraction of sp³-hybridized carbons (Fsp3) is 0.286. The smallest absolute Gasteiger partial charge is 0.237 e. The van der Waals surface area contributed by atoms with Crippen LogP contribution in [0.5, 0.6) is 0 Å². The first-order valence-electron chi connectivity index (χ1n) is 9.03. The van der Waals surface area contributed by atoms with Crippen LogP contribution in [0.3, 0.4) is 0 Å². The molecule has 0 saturated heterocycles. The first-order valence-corrected chi connectivity index (χ1v) is 9.91. The fourth-order valence-corrected chi connectivity index (χ4v) is 3.50. The summed E-state index contributed by atoms with van der Waals surface area (Å²) in [7, 11) is 0. The number of carbonyl (C=O) groups excluding carboxylic acids is 1. The zero-order valence-electron chi connectivity index (χ0n) is 16.0. The summed E-state index contributed by atoms with van der Waals surface area (Å²) in [6, 6.07) is 14.2. The number of aromatic amines is 1. The van der Waals surface area contributed by atoms with E-state index in [0.717, 1.165) is 28.8 Å². The van der Waals surface area contributed by atoms with Crippen LogP contribution in [0, 0.1) is 13.8 Å². The summed E-state index contributed by atoms with van der Waals surface area (Å²) in [6.07, 6.45) is 1.00. The number of anilines is 1. The molecule has 2 aromatic carbocycles. The van der Waals surface area contributed by atoms with Crippen LogP contribution in [0.1, 0.15) is 30.5 Å². The number of benzene rings is 2. The molecule has 2 N–H and O–H groups in total. The average molecular weight is 381 g/mol. The molecule has 0 aliphatic carbocycles. The Labute approximate surface area is 164 Å². The lowest BCUT2D eigenvalue weighted by atomic mass is 10.1. The summed E-state index contributed by atoms with van der Waals surface area (Å²) in [5, 5.41) is 10.5. The van der Waals surface area contributed by atoms with Crippen molar-refractivity contribution in [2.24, 2.45) is 0 Å². The molecule has 0 spiro atoms. The fourth-order valence-electron chi connectivity index (χ4n) is 2.77. The lowest BCUT2D eigenvalue weighted by Crippen LogP contribution is -2.23. The van der Waals surface area contributed by atoms with E-state index in [1.165, 1.54) is 17.3 Å². The molecule has 1 atom stereocenters. The molecule has 0 unspecified atom stereocenters. The van der Waals surface area contributed by atoms with Crippen LogP contribution >= 0.6 is 11.8 Å². The first kappa shape index (κ1) is 19.2. The minimum absolute atomic E-state index is 0.0592. The van der Waals surface area contributed by atoms with Gasteiger partial charge in [0.25, 0.3) is 0 Å². The Kier molecular flexibility index (Phi) is 5.96. The van der Waals surface area contributed by atoms with Crippen LogP contribution in [0.4, 0.5) is 5.69 Å². The summed E-state index contributed by atoms with van der Waals surface area (Å²) in [5.74, 6) is 0.651. The number of nitrogens with one attached hydrogen (secondary N) is 2. The molecule has 1 amide bonds. The van der Waals surface area contributed by atoms with Crippen molar-refractivity contribution >= 4 is 23.4 Å². The van der Waals surface area contributed by atoms with Crippen molar-refractivity contribution in [1.29, 1.82) is 0 Å². The van der Waals surface area contributed by atoms with Crippen LogP contribution in [-0.4, -0.2) is 26.3 Å². The summed E-state index contributed by atoms with van der Waals surface area (Å²) in [5.41, 5.74) is 5.25. The second-order valence-corrected chi connectivity index (χ2v) is 7.84. The molecule has 1 heterocycles. The van der Waals surface area contributed by atoms with Crippen LogP contribution in [0.25, 0.3) is 11.4 Å². The number of amides is 1. The van der Waals surface area contributed by atoms with Gasteiger partial charge in [-0.1, -0.05) is 61.2 Å². The highest BCUT2D eigenvalue weighted by Gasteiger charge is 2.19. The monoisotopic (exact) mass is 380 g/mol. The number of nitrogens with zero attached hydrogens (tertiary/aromatic N) is 2.